The van der Waals surface area contributed by atoms with Gasteiger partial charge in [-0.1, -0.05) is 41.1 Å². The number of benzene rings is 2. The number of nitrogens with zero attached hydrogens (tertiary/aromatic N) is 3. The van der Waals surface area contributed by atoms with E-state index in [1.54, 1.807) is 4.90 Å². The molecule has 1 saturated heterocycles. The van der Waals surface area contributed by atoms with E-state index in [0.717, 1.165) is 34.1 Å². The number of halogens is 1. The minimum atomic E-state index is -0.210. The molecule has 2 amide bonds. The number of carbonyl (C=O) groups is 1. The molecular weight excluding hydrogens is 408 g/mol. The predicted octanol–water partition coefficient (Wildman–Crippen LogP) is 5.18. The van der Waals surface area contributed by atoms with Crippen LogP contribution in [-0.2, 0) is 0 Å². The van der Waals surface area contributed by atoms with Crippen molar-refractivity contribution in [3.63, 3.8) is 0 Å². The lowest BCUT2D eigenvalue weighted by Crippen LogP contribution is -2.34. The van der Waals surface area contributed by atoms with Gasteiger partial charge in [0.15, 0.2) is 0 Å². The van der Waals surface area contributed by atoms with Gasteiger partial charge in [0.25, 0.3) is 0 Å². The van der Waals surface area contributed by atoms with Gasteiger partial charge in [-0.25, -0.2) is 4.79 Å². The molecule has 0 spiro atoms. The zero-order valence-corrected chi connectivity index (χ0v) is 16.4. The highest BCUT2D eigenvalue weighted by atomic mass is 79.9. The third-order valence-corrected chi connectivity index (χ3v) is 5.32. The van der Waals surface area contributed by atoms with Crippen LogP contribution in [0.3, 0.4) is 0 Å². The molecule has 1 atom stereocenters. The molecule has 2 aromatic carbocycles. The molecule has 6 nitrogen and oxygen atoms in total. The van der Waals surface area contributed by atoms with Crippen molar-refractivity contribution in [2.45, 2.75) is 25.8 Å². The summed E-state index contributed by atoms with van der Waals surface area (Å²) >= 11 is 3.45. The quantitative estimate of drug-likeness (QED) is 0.626. The minimum absolute atomic E-state index is 0.167. The van der Waals surface area contributed by atoms with Crippen LogP contribution < -0.4 is 5.32 Å². The lowest BCUT2D eigenvalue weighted by atomic mass is 10.1. The van der Waals surface area contributed by atoms with Gasteiger partial charge in [-0.15, -0.1) is 0 Å². The number of amides is 2. The fraction of sp³-hybridized carbons (Fsp3) is 0.250. The Hall–Kier alpha value is -2.67. The Balaban J connectivity index is 1.53. The van der Waals surface area contributed by atoms with Crippen molar-refractivity contribution in [3.05, 3.63) is 64.5 Å². The smallest absolute Gasteiger partial charge is 0.322 e. The van der Waals surface area contributed by atoms with E-state index in [2.05, 4.69) is 31.4 Å². The molecular formula is C20H19BrN4O2. The molecule has 1 unspecified atom stereocenters. The lowest BCUT2D eigenvalue weighted by molar-refractivity contribution is 0.193. The van der Waals surface area contributed by atoms with Gasteiger partial charge >= 0.3 is 6.03 Å². The van der Waals surface area contributed by atoms with Crippen molar-refractivity contribution >= 4 is 27.6 Å². The molecule has 1 N–H and O–H groups in total. The Morgan fingerprint density at radius 3 is 2.93 bits per heavy atom. The number of para-hydroxylation sites is 1. The number of anilines is 1. The van der Waals surface area contributed by atoms with Crippen LogP contribution in [0.2, 0.25) is 0 Å². The van der Waals surface area contributed by atoms with Gasteiger partial charge in [0.2, 0.25) is 11.7 Å². The normalized spacial score (nSPS) is 16.5. The second-order valence-corrected chi connectivity index (χ2v) is 7.44. The molecule has 3 aromatic rings. The van der Waals surface area contributed by atoms with Gasteiger partial charge in [0.1, 0.15) is 6.04 Å². The molecule has 0 bridgehead atoms. The van der Waals surface area contributed by atoms with E-state index in [1.807, 2.05) is 55.5 Å². The van der Waals surface area contributed by atoms with E-state index in [9.17, 15) is 4.79 Å². The van der Waals surface area contributed by atoms with Crippen LogP contribution in [0.5, 0.6) is 0 Å². The molecule has 1 aromatic heterocycles. The van der Waals surface area contributed by atoms with Gasteiger partial charge in [0.05, 0.1) is 5.69 Å². The van der Waals surface area contributed by atoms with Crippen LogP contribution in [-0.4, -0.2) is 27.6 Å². The van der Waals surface area contributed by atoms with E-state index in [0.29, 0.717) is 18.3 Å². The third-order valence-electron chi connectivity index (χ3n) is 4.63. The number of aryl methyl sites for hydroxylation is 1. The first-order valence-electron chi connectivity index (χ1n) is 8.84. The topological polar surface area (TPSA) is 71.3 Å². The number of carbonyl (C=O) groups excluding carboxylic acids is 1. The summed E-state index contributed by atoms with van der Waals surface area (Å²) in [6, 6.07) is 15.1. The van der Waals surface area contributed by atoms with Crippen LogP contribution in [0, 0.1) is 6.92 Å². The van der Waals surface area contributed by atoms with E-state index in [4.69, 9.17) is 4.52 Å². The Labute approximate surface area is 165 Å². The minimum Gasteiger partial charge on any atom is -0.337 e. The summed E-state index contributed by atoms with van der Waals surface area (Å²) in [5, 5.41) is 7.06. The summed E-state index contributed by atoms with van der Waals surface area (Å²) < 4.78 is 6.35. The lowest BCUT2D eigenvalue weighted by Gasteiger charge is -2.22. The fourth-order valence-electron chi connectivity index (χ4n) is 3.29. The van der Waals surface area contributed by atoms with Crippen molar-refractivity contribution in [1.29, 1.82) is 0 Å². The number of hydrogen-bond donors (Lipinski definition) is 1. The highest BCUT2D eigenvalue weighted by Gasteiger charge is 2.34. The molecule has 1 aliphatic heterocycles. The molecule has 0 saturated carbocycles. The molecule has 0 radical (unpaired) electrons. The maximum atomic E-state index is 12.8. The monoisotopic (exact) mass is 426 g/mol. The number of aromatic nitrogens is 2. The van der Waals surface area contributed by atoms with Gasteiger partial charge in [-0.05, 0) is 53.9 Å². The largest absolute Gasteiger partial charge is 0.337 e. The van der Waals surface area contributed by atoms with Crippen LogP contribution in [0.15, 0.2) is 57.5 Å². The SMILES string of the molecule is Cc1cccc(-c2noc(C3CCCN3C(=O)Nc3ccccc3Br)n2)c1. The number of hydrogen-bond acceptors (Lipinski definition) is 4. The number of nitrogens with one attached hydrogen (secondary N) is 1. The molecule has 0 aliphatic carbocycles. The van der Waals surface area contributed by atoms with E-state index >= 15 is 0 Å². The molecule has 1 fully saturated rings. The highest BCUT2D eigenvalue weighted by Crippen LogP contribution is 2.33. The second kappa shape index (κ2) is 7.52. The molecule has 2 heterocycles. The second-order valence-electron chi connectivity index (χ2n) is 6.59. The molecule has 4 rings (SSSR count). The van der Waals surface area contributed by atoms with Crippen LogP contribution >= 0.6 is 15.9 Å². The number of rotatable bonds is 3. The Morgan fingerprint density at radius 1 is 1.26 bits per heavy atom. The van der Waals surface area contributed by atoms with E-state index in [-0.39, 0.29) is 12.1 Å². The van der Waals surface area contributed by atoms with Crippen LogP contribution in [0.1, 0.15) is 30.3 Å². The maximum Gasteiger partial charge on any atom is 0.322 e. The maximum absolute atomic E-state index is 12.8. The first-order chi connectivity index (χ1) is 13.1. The van der Waals surface area contributed by atoms with Crippen molar-refractivity contribution < 1.29 is 9.32 Å². The fourth-order valence-corrected chi connectivity index (χ4v) is 3.67. The molecule has 1 aliphatic rings. The average Bonchev–Trinajstić information content (AvgIpc) is 3.33. The van der Waals surface area contributed by atoms with Gasteiger partial charge in [0, 0.05) is 16.6 Å². The zero-order valence-electron chi connectivity index (χ0n) is 14.9. The average molecular weight is 427 g/mol. The summed E-state index contributed by atoms with van der Waals surface area (Å²) in [6.07, 6.45) is 1.70. The molecule has 138 valence electrons. The summed E-state index contributed by atoms with van der Waals surface area (Å²) in [7, 11) is 0. The van der Waals surface area contributed by atoms with Crippen molar-refractivity contribution in [3.8, 4) is 11.4 Å². The zero-order chi connectivity index (χ0) is 18.8. The highest BCUT2D eigenvalue weighted by molar-refractivity contribution is 9.10. The van der Waals surface area contributed by atoms with Gasteiger partial charge in [-0.3, -0.25) is 0 Å². The van der Waals surface area contributed by atoms with Crippen molar-refractivity contribution in [2.24, 2.45) is 0 Å². The third kappa shape index (κ3) is 3.73. The summed E-state index contributed by atoms with van der Waals surface area (Å²) in [4.78, 5) is 19.1. The Kier molecular flexibility index (Phi) is 4.94. The van der Waals surface area contributed by atoms with Gasteiger partial charge in [-0.2, -0.15) is 4.98 Å². The Morgan fingerprint density at radius 2 is 2.11 bits per heavy atom. The standard InChI is InChI=1S/C20H19BrN4O2/c1-13-6-4-7-14(12-13)18-23-19(27-24-18)17-10-5-11-25(17)20(26)22-16-9-3-2-8-15(16)21/h2-4,6-9,12,17H,5,10-11H2,1H3,(H,22,26). The van der Waals surface area contributed by atoms with Crippen molar-refractivity contribution in [1.82, 2.24) is 15.0 Å². The summed E-state index contributed by atoms with van der Waals surface area (Å²) in [6.45, 7) is 2.68. The van der Waals surface area contributed by atoms with Gasteiger partial charge < -0.3 is 14.7 Å². The van der Waals surface area contributed by atoms with Crippen LogP contribution in [0.25, 0.3) is 11.4 Å². The first kappa shape index (κ1) is 17.7. The summed E-state index contributed by atoms with van der Waals surface area (Å²) in [5.74, 6) is 1.03. The molecule has 27 heavy (non-hydrogen) atoms. The first-order valence-corrected chi connectivity index (χ1v) is 9.64. The van der Waals surface area contributed by atoms with E-state index in [1.165, 1.54) is 0 Å². The number of urea groups is 1. The predicted molar refractivity (Wildman–Crippen MR) is 106 cm³/mol. The number of likely N-dealkylation sites (tertiary alicyclic amines) is 1. The molecule has 7 heteroatoms. The van der Waals surface area contributed by atoms with Crippen molar-refractivity contribution in [2.75, 3.05) is 11.9 Å². The van der Waals surface area contributed by atoms with Crippen LogP contribution in [0.4, 0.5) is 10.5 Å². The van der Waals surface area contributed by atoms with E-state index < -0.39 is 0 Å². The summed E-state index contributed by atoms with van der Waals surface area (Å²) in [5.41, 5.74) is 2.78. The Bertz CT molecular complexity index is 972.